The van der Waals surface area contributed by atoms with Crippen LogP contribution in [0, 0.1) is 5.92 Å². The molecule has 1 rings (SSSR count). The van der Waals surface area contributed by atoms with Gasteiger partial charge in [-0.25, -0.2) is 0 Å². The summed E-state index contributed by atoms with van der Waals surface area (Å²) >= 11 is 1.32. The van der Waals surface area contributed by atoms with Gasteiger partial charge in [0.15, 0.2) is 0 Å². The summed E-state index contributed by atoms with van der Waals surface area (Å²) in [6, 6.07) is 1.68. The Kier molecular flexibility index (Phi) is 5.64. The largest absolute Gasteiger partial charge is 0.496 e. The van der Waals surface area contributed by atoms with E-state index in [1.807, 2.05) is 0 Å². The highest BCUT2D eigenvalue weighted by atomic mass is 32.1. The lowest BCUT2D eigenvalue weighted by molar-refractivity contribution is -0.141. The first-order chi connectivity index (χ1) is 8.54. The minimum Gasteiger partial charge on any atom is -0.496 e. The molecule has 1 heterocycles. The van der Waals surface area contributed by atoms with Crippen LogP contribution in [0.15, 0.2) is 11.4 Å². The summed E-state index contributed by atoms with van der Waals surface area (Å²) in [5.74, 6) is -0.649. The molecular formula is C12H17NO4S. The molecule has 0 saturated heterocycles. The summed E-state index contributed by atoms with van der Waals surface area (Å²) in [6.07, 6.45) is 1.21. The zero-order valence-corrected chi connectivity index (χ0v) is 11.3. The number of ether oxygens (including phenoxy) is 1. The third-order valence-electron chi connectivity index (χ3n) is 2.56. The summed E-state index contributed by atoms with van der Waals surface area (Å²) < 4.78 is 4.99. The number of carboxylic acids is 1. The predicted octanol–water partition coefficient (Wildman–Crippen LogP) is 1.99. The molecule has 0 aliphatic carbocycles. The van der Waals surface area contributed by atoms with E-state index in [9.17, 15) is 9.59 Å². The highest BCUT2D eigenvalue weighted by Crippen LogP contribution is 2.20. The Labute approximate surface area is 110 Å². The first-order valence-corrected chi connectivity index (χ1v) is 6.56. The van der Waals surface area contributed by atoms with Crippen molar-refractivity contribution in [2.45, 2.75) is 19.8 Å². The van der Waals surface area contributed by atoms with Crippen molar-refractivity contribution in [3.63, 3.8) is 0 Å². The molecule has 1 atom stereocenters. The number of thiophene rings is 1. The van der Waals surface area contributed by atoms with Crippen LogP contribution >= 0.6 is 11.3 Å². The Hall–Kier alpha value is -1.56. The number of hydrogen-bond donors (Lipinski definition) is 2. The van der Waals surface area contributed by atoms with Gasteiger partial charge in [-0.3, -0.25) is 9.59 Å². The van der Waals surface area contributed by atoms with E-state index in [0.717, 1.165) is 0 Å². The van der Waals surface area contributed by atoms with Crippen molar-refractivity contribution in [2.75, 3.05) is 13.7 Å². The minimum atomic E-state index is -0.802. The third kappa shape index (κ3) is 4.37. The van der Waals surface area contributed by atoms with Gasteiger partial charge < -0.3 is 15.2 Å². The number of aliphatic carboxylic acids is 1. The van der Waals surface area contributed by atoms with E-state index in [2.05, 4.69) is 5.32 Å². The monoisotopic (exact) mass is 271 g/mol. The average Bonchev–Trinajstić information content (AvgIpc) is 2.82. The normalized spacial score (nSPS) is 11.9. The fourth-order valence-electron chi connectivity index (χ4n) is 1.37. The van der Waals surface area contributed by atoms with Crippen molar-refractivity contribution in [1.29, 1.82) is 0 Å². The van der Waals surface area contributed by atoms with Gasteiger partial charge in [-0.2, -0.15) is 0 Å². The number of rotatable bonds is 7. The summed E-state index contributed by atoms with van der Waals surface area (Å²) in [5, 5.41) is 13.2. The zero-order chi connectivity index (χ0) is 13.5. The van der Waals surface area contributed by atoms with Gasteiger partial charge in [0.05, 0.1) is 17.9 Å². The molecule has 0 aliphatic heterocycles. The van der Waals surface area contributed by atoms with Gasteiger partial charge in [0.25, 0.3) is 5.91 Å². The van der Waals surface area contributed by atoms with Crippen molar-refractivity contribution in [2.24, 2.45) is 5.92 Å². The first kappa shape index (κ1) is 14.5. The highest BCUT2D eigenvalue weighted by Gasteiger charge is 2.11. The van der Waals surface area contributed by atoms with Crippen LogP contribution in [-0.4, -0.2) is 30.6 Å². The maximum Gasteiger partial charge on any atom is 0.306 e. The fraction of sp³-hybridized carbons (Fsp3) is 0.500. The Morgan fingerprint density at radius 3 is 2.83 bits per heavy atom. The Balaban J connectivity index is 2.27. The van der Waals surface area contributed by atoms with Crippen LogP contribution < -0.4 is 10.1 Å². The second kappa shape index (κ2) is 7.00. The molecule has 1 amide bonds. The average molecular weight is 271 g/mol. The van der Waals surface area contributed by atoms with Crippen LogP contribution in [0.5, 0.6) is 5.75 Å². The molecule has 5 nitrogen and oxygen atoms in total. The van der Waals surface area contributed by atoms with E-state index in [-0.39, 0.29) is 11.8 Å². The molecule has 0 saturated carbocycles. The van der Waals surface area contributed by atoms with Crippen molar-refractivity contribution in [3.05, 3.63) is 16.3 Å². The molecule has 1 aromatic heterocycles. The van der Waals surface area contributed by atoms with Gasteiger partial charge in [0.1, 0.15) is 5.75 Å². The van der Waals surface area contributed by atoms with E-state index in [0.29, 0.717) is 30.0 Å². The van der Waals surface area contributed by atoms with Gasteiger partial charge in [-0.15, -0.1) is 11.3 Å². The van der Waals surface area contributed by atoms with Crippen LogP contribution in [0.4, 0.5) is 0 Å². The van der Waals surface area contributed by atoms with E-state index in [1.54, 1.807) is 25.5 Å². The SMILES string of the molecule is COc1csc(C(=O)NCCCC(C)C(=O)O)c1. The van der Waals surface area contributed by atoms with E-state index in [4.69, 9.17) is 9.84 Å². The van der Waals surface area contributed by atoms with Crippen LogP contribution in [-0.2, 0) is 4.79 Å². The molecular weight excluding hydrogens is 254 g/mol. The summed E-state index contributed by atoms with van der Waals surface area (Å²) in [6.45, 7) is 2.14. The Morgan fingerprint density at radius 2 is 2.28 bits per heavy atom. The summed E-state index contributed by atoms with van der Waals surface area (Å²) in [4.78, 5) is 22.9. The molecule has 0 radical (unpaired) electrons. The quantitative estimate of drug-likeness (QED) is 0.744. The maximum absolute atomic E-state index is 11.7. The number of amides is 1. The Bertz CT molecular complexity index is 416. The number of nitrogens with one attached hydrogen (secondary N) is 1. The number of carboxylic acid groups (broad SMARTS) is 1. The molecule has 0 aromatic carbocycles. The lowest BCUT2D eigenvalue weighted by Crippen LogP contribution is -2.24. The molecule has 1 unspecified atom stereocenters. The topological polar surface area (TPSA) is 75.6 Å². The minimum absolute atomic E-state index is 0.147. The Morgan fingerprint density at radius 1 is 1.56 bits per heavy atom. The maximum atomic E-state index is 11.7. The van der Waals surface area contributed by atoms with E-state index in [1.165, 1.54) is 11.3 Å². The zero-order valence-electron chi connectivity index (χ0n) is 10.4. The fourth-order valence-corrected chi connectivity index (χ4v) is 2.14. The van der Waals surface area contributed by atoms with Gasteiger partial charge in [-0.05, 0) is 12.8 Å². The van der Waals surface area contributed by atoms with Crippen LogP contribution in [0.1, 0.15) is 29.4 Å². The van der Waals surface area contributed by atoms with E-state index >= 15 is 0 Å². The van der Waals surface area contributed by atoms with Gasteiger partial charge >= 0.3 is 5.97 Å². The number of hydrogen-bond acceptors (Lipinski definition) is 4. The van der Waals surface area contributed by atoms with Crippen molar-refractivity contribution in [1.82, 2.24) is 5.32 Å². The van der Waals surface area contributed by atoms with Crippen LogP contribution in [0.3, 0.4) is 0 Å². The highest BCUT2D eigenvalue weighted by molar-refractivity contribution is 7.12. The molecule has 0 aliphatic rings. The van der Waals surface area contributed by atoms with E-state index < -0.39 is 5.97 Å². The molecule has 0 spiro atoms. The standard InChI is InChI=1S/C12H17NO4S/c1-8(12(15)16)4-3-5-13-11(14)10-6-9(17-2)7-18-10/h6-8H,3-5H2,1-2H3,(H,13,14)(H,15,16). The number of carbonyl (C=O) groups is 2. The second-order valence-electron chi connectivity index (χ2n) is 3.99. The van der Waals surface area contributed by atoms with Crippen molar-refractivity contribution < 1.29 is 19.4 Å². The van der Waals surface area contributed by atoms with Crippen LogP contribution in [0.25, 0.3) is 0 Å². The molecule has 18 heavy (non-hydrogen) atoms. The van der Waals surface area contributed by atoms with Crippen molar-refractivity contribution in [3.8, 4) is 5.75 Å². The number of methoxy groups -OCH3 is 1. The molecule has 100 valence electrons. The predicted molar refractivity (Wildman–Crippen MR) is 69.2 cm³/mol. The smallest absolute Gasteiger partial charge is 0.306 e. The summed E-state index contributed by atoms with van der Waals surface area (Å²) in [7, 11) is 1.55. The van der Waals surface area contributed by atoms with Gasteiger partial charge in [-0.1, -0.05) is 6.92 Å². The van der Waals surface area contributed by atoms with Crippen LogP contribution in [0.2, 0.25) is 0 Å². The first-order valence-electron chi connectivity index (χ1n) is 5.68. The second-order valence-corrected chi connectivity index (χ2v) is 4.90. The molecule has 0 fully saturated rings. The molecule has 1 aromatic rings. The lowest BCUT2D eigenvalue weighted by atomic mass is 10.1. The molecule has 0 bridgehead atoms. The third-order valence-corrected chi connectivity index (χ3v) is 3.46. The molecule has 2 N–H and O–H groups in total. The lowest BCUT2D eigenvalue weighted by Gasteiger charge is -2.06. The summed E-state index contributed by atoms with van der Waals surface area (Å²) in [5.41, 5.74) is 0. The van der Waals surface area contributed by atoms with Gasteiger partial charge in [0.2, 0.25) is 0 Å². The van der Waals surface area contributed by atoms with Gasteiger partial charge in [0, 0.05) is 18.0 Å². The number of carbonyl (C=O) groups excluding carboxylic acids is 1. The molecule has 6 heteroatoms. The van der Waals surface area contributed by atoms with Crippen molar-refractivity contribution >= 4 is 23.2 Å².